The van der Waals surface area contributed by atoms with Gasteiger partial charge >= 0.3 is 0 Å². The third-order valence-corrected chi connectivity index (χ3v) is 5.17. The maximum atomic E-state index is 5.56. The van der Waals surface area contributed by atoms with E-state index < -0.39 is 0 Å². The number of rotatable bonds is 8. The van der Waals surface area contributed by atoms with Gasteiger partial charge in [0, 0.05) is 24.6 Å². The number of nitrogens with zero attached hydrogens (tertiary/aromatic N) is 5. The lowest BCUT2D eigenvalue weighted by Gasteiger charge is -2.04. The summed E-state index contributed by atoms with van der Waals surface area (Å²) in [7, 11) is 1.71. The summed E-state index contributed by atoms with van der Waals surface area (Å²) in [6.45, 7) is 3.87. The Kier molecular flexibility index (Phi) is 7.38. The normalized spacial score (nSPS) is 12.3. The van der Waals surface area contributed by atoms with Gasteiger partial charge in [-0.3, -0.25) is 4.99 Å². The Labute approximate surface area is 181 Å². The van der Waals surface area contributed by atoms with Crippen molar-refractivity contribution in [2.24, 2.45) is 10.1 Å². The van der Waals surface area contributed by atoms with Crippen LogP contribution >= 0.6 is 34.4 Å². The maximum Gasteiger partial charge on any atom is 0.212 e. The Bertz CT molecular complexity index is 1020. The minimum absolute atomic E-state index is 0.586. The highest BCUT2D eigenvalue weighted by atomic mass is 127. The Morgan fingerprint density at radius 1 is 1.25 bits per heavy atom. The molecule has 6 nitrogen and oxygen atoms in total. The molecule has 0 atom stereocenters. The molecule has 0 aliphatic heterocycles. The van der Waals surface area contributed by atoms with E-state index in [-0.39, 0.29) is 0 Å². The predicted molar refractivity (Wildman–Crippen MR) is 123 cm³/mol. The van der Waals surface area contributed by atoms with Crippen molar-refractivity contribution in [2.75, 3.05) is 7.05 Å². The van der Waals surface area contributed by atoms with Crippen LogP contribution in [0.4, 0.5) is 0 Å². The zero-order chi connectivity index (χ0) is 19.8. The molecule has 0 amide bonds. The van der Waals surface area contributed by atoms with Crippen molar-refractivity contribution in [2.45, 2.75) is 10.9 Å². The molecule has 3 aromatic rings. The van der Waals surface area contributed by atoms with Crippen molar-refractivity contribution in [1.82, 2.24) is 14.9 Å². The zero-order valence-electron chi connectivity index (χ0n) is 15.2. The summed E-state index contributed by atoms with van der Waals surface area (Å²) in [6, 6.07) is 13.9. The van der Waals surface area contributed by atoms with Crippen LogP contribution in [0.5, 0.6) is 0 Å². The second kappa shape index (κ2) is 10.2. The third kappa shape index (κ3) is 5.29. The summed E-state index contributed by atoms with van der Waals surface area (Å²) in [5.74, 6) is 2.00. The second-order valence-corrected chi connectivity index (χ2v) is 7.52. The molecule has 2 heterocycles. The molecule has 0 aliphatic carbocycles. The Balaban J connectivity index is 1.94. The molecular formula is C20H18IN5OS. The monoisotopic (exact) mass is 503 g/mol. The van der Waals surface area contributed by atoms with Gasteiger partial charge < -0.3 is 4.42 Å². The molecule has 0 aliphatic rings. The van der Waals surface area contributed by atoms with E-state index in [2.05, 4.69) is 61.6 Å². The fourth-order valence-corrected chi connectivity index (χ4v) is 3.54. The number of thioether (sulfide) groups is 1. The number of allylic oxidation sites excluding steroid dienone is 3. The van der Waals surface area contributed by atoms with Crippen LogP contribution in [0.15, 0.2) is 80.9 Å². The van der Waals surface area contributed by atoms with Gasteiger partial charge in [0.25, 0.3) is 0 Å². The molecule has 0 radical (unpaired) electrons. The van der Waals surface area contributed by atoms with Crippen LogP contribution < -0.4 is 0 Å². The maximum absolute atomic E-state index is 5.56. The van der Waals surface area contributed by atoms with Crippen molar-refractivity contribution < 1.29 is 4.42 Å². The molecule has 0 N–H and O–H groups in total. The molecule has 0 saturated heterocycles. The number of aliphatic imine (C=N–C) groups is 1. The average molecular weight is 503 g/mol. The minimum atomic E-state index is 0.586. The molecule has 1 aromatic carbocycles. The lowest BCUT2D eigenvalue weighted by molar-refractivity contribution is 0.530. The Morgan fingerprint density at radius 2 is 2.07 bits per heavy atom. The highest BCUT2D eigenvalue weighted by molar-refractivity contribution is 14.1. The molecule has 3 rings (SSSR count). The van der Waals surface area contributed by atoms with E-state index in [1.165, 1.54) is 5.56 Å². The minimum Gasteiger partial charge on any atom is -0.449 e. The predicted octanol–water partition coefficient (Wildman–Crippen LogP) is 4.92. The molecule has 142 valence electrons. The van der Waals surface area contributed by atoms with E-state index in [0.717, 1.165) is 15.1 Å². The first-order valence-corrected chi connectivity index (χ1v) is 10.4. The van der Waals surface area contributed by atoms with Crippen LogP contribution in [0.1, 0.15) is 17.1 Å². The van der Waals surface area contributed by atoms with Crippen LogP contribution in [-0.2, 0) is 5.75 Å². The summed E-state index contributed by atoms with van der Waals surface area (Å²) in [4.78, 5) is 3.99. The molecule has 0 fully saturated rings. The summed E-state index contributed by atoms with van der Waals surface area (Å²) < 4.78 is 8.06. The summed E-state index contributed by atoms with van der Waals surface area (Å²) in [5, 5.41) is 13.9. The fraction of sp³-hybridized carbons (Fsp3) is 0.100. The van der Waals surface area contributed by atoms with Crippen molar-refractivity contribution in [3.05, 3.63) is 82.1 Å². The van der Waals surface area contributed by atoms with Gasteiger partial charge in [0.15, 0.2) is 9.59 Å². The SMILES string of the molecule is C=C/C(=C\C=NC)c1nnc(SCc2ccccc2)n1/N=C/c1ccc(I)o1. The van der Waals surface area contributed by atoms with E-state index in [0.29, 0.717) is 16.7 Å². The topological polar surface area (TPSA) is 68.6 Å². The molecule has 0 saturated carbocycles. The van der Waals surface area contributed by atoms with Gasteiger partial charge in [-0.2, -0.15) is 9.78 Å². The van der Waals surface area contributed by atoms with Crippen LogP contribution in [0.3, 0.4) is 0 Å². The second-order valence-electron chi connectivity index (χ2n) is 5.51. The smallest absolute Gasteiger partial charge is 0.212 e. The molecule has 8 heteroatoms. The number of hydrogen-bond donors (Lipinski definition) is 0. The van der Waals surface area contributed by atoms with E-state index in [9.17, 15) is 0 Å². The van der Waals surface area contributed by atoms with Gasteiger partial charge in [-0.05, 0) is 46.4 Å². The Hall–Kier alpha value is -2.46. The lowest BCUT2D eigenvalue weighted by Crippen LogP contribution is -1.99. The first-order valence-electron chi connectivity index (χ1n) is 8.38. The number of furan rings is 1. The molecular weight excluding hydrogens is 485 g/mol. The molecule has 0 bridgehead atoms. The number of hydrogen-bond acceptors (Lipinski definition) is 6. The summed E-state index contributed by atoms with van der Waals surface area (Å²) in [5.41, 5.74) is 1.97. The van der Waals surface area contributed by atoms with Crippen LogP contribution in [0.2, 0.25) is 0 Å². The summed E-state index contributed by atoms with van der Waals surface area (Å²) >= 11 is 3.68. The fourth-order valence-electron chi connectivity index (χ4n) is 2.26. The largest absolute Gasteiger partial charge is 0.449 e. The van der Waals surface area contributed by atoms with Crippen molar-refractivity contribution in [3.8, 4) is 0 Å². The first-order chi connectivity index (χ1) is 13.7. The summed E-state index contributed by atoms with van der Waals surface area (Å²) in [6.07, 6.45) is 6.87. The molecule has 28 heavy (non-hydrogen) atoms. The van der Waals surface area contributed by atoms with Gasteiger partial charge in [-0.15, -0.1) is 10.2 Å². The van der Waals surface area contributed by atoms with Crippen molar-refractivity contribution in [1.29, 1.82) is 0 Å². The van der Waals surface area contributed by atoms with Crippen LogP contribution in [0.25, 0.3) is 5.57 Å². The highest BCUT2D eigenvalue weighted by Gasteiger charge is 2.14. The average Bonchev–Trinajstić information content (AvgIpc) is 3.32. The van der Waals surface area contributed by atoms with E-state index in [1.54, 1.807) is 42.0 Å². The Morgan fingerprint density at radius 3 is 2.75 bits per heavy atom. The third-order valence-electron chi connectivity index (χ3n) is 3.60. The highest BCUT2D eigenvalue weighted by Crippen LogP contribution is 2.25. The number of aromatic nitrogens is 3. The molecule has 0 spiro atoms. The van der Waals surface area contributed by atoms with Crippen molar-refractivity contribution >= 4 is 52.4 Å². The van der Waals surface area contributed by atoms with Gasteiger partial charge in [-0.25, -0.2) is 0 Å². The van der Waals surface area contributed by atoms with E-state index in [1.807, 2.05) is 36.4 Å². The standard InChI is InChI=1S/C20H18IN5OS/c1-3-16(11-12-22-2)19-24-25-20(28-14-15-7-5-4-6-8-15)26(19)23-13-17-9-10-18(21)27-17/h3-13H,1,14H2,2H3/b16-11+,22-12?,23-13+. The van der Waals surface area contributed by atoms with E-state index in [4.69, 9.17) is 4.42 Å². The quantitative estimate of drug-likeness (QED) is 0.190. The molecule has 0 unspecified atom stereocenters. The number of halogens is 1. The van der Waals surface area contributed by atoms with Crippen LogP contribution in [0, 0.1) is 3.77 Å². The van der Waals surface area contributed by atoms with Crippen molar-refractivity contribution in [3.63, 3.8) is 0 Å². The van der Waals surface area contributed by atoms with Gasteiger partial charge in [0.2, 0.25) is 5.16 Å². The molecule has 2 aromatic heterocycles. The van der Waals surface area contributed by atoms with Crippen LogP contribution in [-0.4, -0.2) is 34.4 Å². The zero-order valence-corrected chi connectivity index (χ0v) is 18.2. The first kappa shape index (κ1) is 20.3. The van der Waals surface area contributed by atoms with Gasteiger partial charge in [0.1, 0.15) is 5.76 Å². The number of benzene rings is 1. The van der Waals surface area contributed by atoms with E-state index >= 15 is 0 Å². The lowest BCUT2D eigenvalue weighted by atomic mass is 10.2. The van der Waals surface area contributed by atoms with Gasteiger partial charge in [-0.1, -0.05) is 54.7 Å². The van der Waals surface area contributed by atoms with Gasteiger partial charge in [0.05, 0.1) is 6.21 Å².